The molecule has 3 amide bonds. The van der Waals surface area contributed by atoms with Crippen molar-refractivity contribution in [3.05, 3.63) is 167 Å². The monoisotopic (exact) mass is 785 g/mol. The summed E-state index contributed by atoms with van der Waals surface area (Å²) in [4.78, 5) is 53.7. The molecule has 0 bridgehead atoms. The number of carbonyl (C=O) groups is 4. The number of hydrogen-bond donors (Lipinski definition) is 5. The Balaban J connectivity index is 1.26. The number of aliphatic hydroxyl groups is 1. The van der Waals surface area contributed by atoms with Crippen LogP contribution in [-0.2, 0) is 23.9 Å². The van der Waals surface area contributed by atoms with Gasteiger partial charge in [0.15, 0.2) is 6.04 Å². The summed E-state index contributed by atoms with van der Waals surface area (Å²) in [5.41, 5.74) is 7.02. The van der Waals surface area contributed by atoms with Crippen LogP contribution < -0.4 is 16.0 Å². The third-order valence-corrected chi connectivity index (χ3v) is 11.9. The zero-order valence-corrected chi connectivity index (χ0v) is 32.8. The molecule has 6 rings (SSSR count). The van der Waals surface area contributed by atoms with E-state index in [1.807, 2.05) is 140 Å². The molecule has 5 aromatic carbocycles. The second-order valence-corrected chi connectivity index (χ2v) is 15.6. The molecule has 5 N–H and O–H groups in total. The number of fused-ring (bicyclic) bond motifs is 3. The fraction of sp³-hybridized carbons (Fsp3) is 0.261. The van der Waals surface area contributed by atoms with Gasteiger partial charge in [-0.1, -0.05) is 153 Å². The molecule has 1 aliphatic carbocycles. The van der Waals surface area contributed by atoms with Crippen molar-refractivity contribution < 1.29 is 34.1 Å². The lowest BCUT2D eigenvalue weighted by Crippen LogP contribution is -2.59. The van der Waals surface area contributed by atoms with Gasteiger partial charge in [0.25, 0.3) is 0 Å². The van der Waals surface area contributed by atoms with E-state index in [1.54, 1.807) is 13.8 Å². The molecule has 0 heterocycles. The van der Waals surface area contributed by atoms with Crippen LogP contribution in [0.4, 0.5) is 4.79 Å². The summed E-state index contributed by atoms with van der Waals surface area (Å²) >= 11 is 1.40. The SMILES string of the molecule is CC(C)[C@H](NC(=O)OCC1c2ccccc2-c2ccccc21)C(=O)N[C@@H](CSC(c1ccccc1)(c1ccccc1)c1ccccc1)C(=O)N[C@H](C(=O)O)[C@@H](C)O. The highest BCUT2D eigenvalue weighted by Gasteiger charge is 2.40. The lowest BCUT2D eigenvalue weighted by atomic mass is 9.84. The summed E-state index contributed by atoms with van der Waals surface area (Å²) in [6.07, 6.45) is -2.22. The summed E-state index contributed by atoms with van der Waals surface area (Å²) < 4.78 is 4.89. The highest BCUT2D eigenvalue weighted by molar-refractivity contribution is 8.00. The van der Waals surface area contributed by atoms with Crippen molar-refractivity contribution in [2.45, 2.75) is 55.7 Å². The van der Waals surface area contributed by atoms with Crippen molar-refractivity contribution >= 4 is 35.6 Å². The fourth-order valence-electron chi connectivity index (χ4n) is 7.37. The van der Waals surface area contributed by atoms with Gasteiger partial charge < -0.3 is 30.9 Å². The van der Waals surface area contributed by atoms with Crippen LogP contribution in [-0.4, -0.2) is 70.7 Å². The van der Waals surface area contributed by atoms with Crippen molar-refractivity contribution in [1.29, 1.82) is 0 Å². The van der Waals surface area contributed by atoms with Crippen molar-refractivity contribution in [1.82, 2.24) is 16.0 Å². The van der Waals surface area contributed by atoms with Gasteiger partial charge in [-0.15, -0.1) is 11.8 Å². The molecule has 10 nitrogen and oxygen atoms in total. The molecule has 0 unspecified atom stereocenters. The summed E-state index contributed by atoms with van der Waals surface area (Å²) in [7, 11) is 0. The quantitative estimate of drug-likeness (QED) is 0.0693. The first-order valence-corrected chi connectivity index (χ1v) is 19.9. The van der Waals surface area contributed by atoms with Crippen molar-refractivity contribution in [2.24, 2.45) is 5.92 Å². The van der Waals surface area contributed by atoms with Gasteiger partial charge in [0.2, 0.25) is 11.8 Å². The van der Waals surface area contributed by atoms with Gasteiger partial charge in [0.1, 0.15) is 18.7 Å². The van der Waals surface area contributed by atoms with Gasteiger partial charge in [0.05, 0.1) is 10.9 Å². The Hall–Kier alpha value is -5.91. The van der Waals surface area contributed by atoms with E-state index in [0.717, 1.165) is 38.9 Å². The van der Waals surface area contributed by atoms with Crippen LogP contribution >= 0.6 is 11.8 Å². The first-order valence-electron chi connectivity index (χ1n) is 18.9. The number of alkyl carbamates (subject to hydrolysis) is 1. The number of rotatable bonds is 16. The molecular weight excluding hydrogens is 739 g/mol. The van der Waals surface area contributed by atoms with Crippen LogP contribution in [0.3, 0.4) is 0 Å². The Morgan fingerprint density at radius 2 is 1.09 bits per heavy atom. The standard InChI is InChI=1S/C46H47N3O7S/c1-29(2)40(49-45(55)56-27-38-36-25-15-13-23-34(36)35-24-14-16-26-37(35)38)43(52)47-39(42(51)48-41(30(3)50)44(53)54)28-57-46(31-17-7-4-8-18-31,32-19-9-5-10-20-32)33-21-11-6-12-22-33/h4-26,29-30,38-41,50H,27-28H2,1-3H3,(H,47,52)(H,48,51)(H,49,55)(H,53,54)/t30-,39+,40+,41+/m1/s1. The zero-order chi connectivity index (χ0) is 40.5. The molecule has 0 radical (unpaired) electrons. The van der Waals surface area contributed by atoms with Gasteiger partial charge in [-0.2, -0.15) is 0 Å². The van der Waals surface area contributed by atoms with Crippen LogP contribution in [0, 0.1) is 5.92 Å². The van der Waals surface area contributed by atoms with Crippen LogP contribution in [0.5, 0.6) is 0 Å². The van der Waals surface area contributed by atoms with Crippen molar-refractivity contribution in [2.75, 3.05) is 12.4 Å². The number of benzene rings is 5. The number of carboxylic acid groups (broad SMARTS) is 1. The van der Waals surface area contributed by atoms with E-state index in [-0.39, 0.29) is 18.3 Å². The van der Waals surface area contributed by atoms with Gasteiger partial charge in [-0.3, -0.25) is 9.59 Å². The fourth-order valence-corrected chi connectivity index (χ4v) is 8.93. The second-order valence-electron chi connectivity index (χ2n) is 14.4. The smallest absolute Gasteiger partial charge is 0.407 e. The molecule has 0 saturated carbocycles. The number of thioether (sulfide) groups is 1. The number of ether oxygens (including phenoxy) is 1. The van der Waals surface area contributed by atoms with E-state index in [4.69, 9.17) is 4.74 Å². The highest BCUT2D eigenvalue weighted by atomic mass is 32.2. The third-order valence-electron chi connectivity index (χ3n) is 10.3. The number of amides is 3. The summed E-state index contributed by atoms with van der Waals surface area (Å²) in [6.45, 7) is 4.83. The molecule has 0 spiro atoms. The molecule has 0 aromatic heterocycles. The third kappa shape index (κ3) is 9.06. The van der Waals surface area contributed by atoms with E-state index in [0.29, 0.717) is 0 Å². The number of aliphatic carboxylic acids is 1. The largest absolute Gasteiger partial charge is 0.480 e. The minimum absolute atomic E-state index is 0.0296. The van der Waals surface area contributed by atoms with Gasteiger partial charge in [-0.05, 0) is 51.8 Å². The number of nitrogens with one attached hydrogen (secondary N) is 3. The highest BCUT2D eigenvalue weighted by Crippen LogP contribution is 2.49. The maximum atomic E-state index is 14.2. The van der Waals surface area contributed by atoms with Gasteiger partial charge in [0, 0.05) is 11.7 Å². The maximum absolute atomic E-state index is 14.2. The summed E-state index contributed by atoms with van der Waals surface area (Å²) in [6, 6.07) is 41.3. The molecule has 57 heavy (non-hydrogen) atoms. The lowest BCUT2D eigenvalue weighted by Gasteiger charge is -2.37. The lowest BCUT2D eigenvalue weighted by molar-refractivity contribution is -0.145. The number of carbonyl (C=O) groups excluding carboxylic acids is 3. The van der Waals surface area contributed by atoms with Crippen LogP contribution in [0.1, 0.15) is 54.5 Å². The van der Waals surface area contributed by atoms with E-state index in [1.165, 1.54) is 18.7 Å². The molecule has 1 aliphatic rings. The van der Waals surface area contributed by atoms with E-state index >= 15 is 0 Å². The van der Waals surface area contributed by atoms with Gasteiger partial charge >= 0.3 is 12.1 Å². The normalized spacial score (nSPS) is 14.3. The summed E-state index contributed by atoms with van der Waals surface area (Å²) in [5, 5.41) is 28.0. The first-order chi connectivity index (χ1) is 27.5. The van der Waals surface area contributed by atoms with E-state index in [9.17, 15) is 29.4 Å². The van der Waals surface area contributed by atoms with Gasteiger partial charge in [-0.25, -0.2) is 9.59 Å². The van der Waals surface area contributed by atoms with Crippen molar-refractivity contribution in [3.63, 3.8) is 0 Å². The molecule has 0 fully saturated rings. The molecule has 5 aromatic rings. The predicted octanol–water partition coefficient (Wildman–Crippen LogP) is 6.71. The van der Waals surface area contributed by atoms with Crippen LogP contribution in [0.15, 0.2) is 140 Å². The Morgan fingerprint density at radius 1 is 0.632 bits per heavy atom. The molecule has 294 valence electrons. The molecule has 11 heteroatoms. The Morgan fingerprint density at radius 3 is 1.53 bits per heavy atom. The number of carboxylic acids is 1. The van der Waals surface area contributed by atoms with E-state index in [2.05, 4.69) is 16.0 Å². The van der Waals surface area contributed by atoms with Crippen LogP contribution in [0.2, 0.25) is 0 Å². The predicted molar refractivity (Wildman–Crippen MR) is 222 cm³/mol. The zero-order valence-electron chi connectivity index (χ0n) is 32.0. The second kappa shape index (κ2) is 18.4. The first kappa shape index (κ1) is 40.7. The average molecular weight is 786 g/mol. The topological polar surface area (TPSA) is 154 Å². The molecule has 0 saturated heterocycles. The molecular formula is C46H47N3O7S. The molecule has 4 atom stereocenters. The summed E-state index contributed by atoms with van der Waals surface area (Å²) in [5.74, 6) is -3.54. The minimum atomic E-state index is -1.64. The van der Waals surface area contributed by atoms with E-state index < -0.39 is 58.8 Å². The minimum Gasteiger partial charge on any atom is -0.480 e. The maximum Gasteiger partial charge on any atom is 0.407 e. The molecule has 0 aliphatic heterocycles. The Labute approximate surface area is 337 Å². The van der Waals surface area contributed by atoms with Crippen molar-refractivity contribution in [3.8, 4) is 11.1 Å². The van der Waals surface area contributed by atoms with Crippen LogP contribution in [0.25, 0.3) is 11.1 Å². The number of aliphatic hydroxyl groups excluding tert-OH is 1. The average Bonchev–Trinajstić information content (AvgIpc) is 3.55. The number of hydrogen-bond acceptors (Lipinski definition) is 7. The Bertz CT molecular complexity index is 2020. The Kier molecular flexibility index (Phi) is 13.1.